The van der Waals surface area contributed by atoms with Crippen molar-refractivity contribution in [3.05, 3.63) is 40.2 Å². The first-order chi connectivity index (χ1) is 9.99. The first-order valence-electron chi connectivity index (χ1n) is 6.94. The summed E-state index contributed by atoms with van der Waals surface area (Å²) < 4.78 is 1.61. The van der Waals surface area contributed by atoms with E-state index in [2.05, 4.69) is 10.3 Å². The van der Waals surface area contributed by atoms with E-state index in [-0.39, 0.29) is 11.6 Å². The number of aromatic nitrogens is 3. The van der Waals surface area contributed by atoms with E-state index in [0.717, 1.165) is 24.1 Å². The fourth-order valence-electron chi connectivity index (χ4n) is 2.47. The van der Waals surface area contributed by atoms with Crippen molar-refractivity contribution < 1.29 is 9.90 Å². The smallest absolute Gasteiger partial charge is 0.358 e. The molecule has 0 fully saturated rings. The summed E-state index contributed by atoms with van der Waals surface area (Å²) in [6, 6.07) is 5.46. The standard InChI is InChI=1S/C15H18ClN3O2/c1-4-10(5-2)14-13(15(20)21)17-18-19(14)12-8-11(16)7-6-9(12)3/h6-8,10H,4-5H2,1-3H3,(H,20,21). The van der Waals surface area contributed by atoms with Gasteiger partial charge in [-0.05, 0) is 37.5 Å². The number of rotatable bonds is 5. The Bertz CT molecular complexity index is 663. The van der Waals surface area contributed by atoms with Gasteiger partial charge >= 0.3 is 5.97 Å². The summed E-state index contributed by atoms with van der Waals surface area (Å²) in [5.74, 6) is -0.965. The average molecular weight is 308 g/mol. The van der Waals surface area contributed by atoms with E-state index in [1.807, 2.05) is 26.8 Å². The Morgan fingerprint density at radius 3 is 2.62 bits per heavy atom. The highest BCUT2D eigenvalue weighted by molar-refractivity contribution is 6.30. The van der Waals surface area contributed by atoms with Crippen molar-refractivity contribution in [2.75, 3.05) is 0 Å². The SMILES string of the molecule is CCC(CC)c1c(C(=O)O)nnn1-c1cc(Cl)ccc1C. The molecule has 6 heteroatoms. The van der Waals surface area contributed by atoms with E-state index >= 15 is 0 Å². The van der Waals surface area contributed by atoms with E-state index in [4.69, 9.17) is 11.6 Å². The summed E-state index contributed by atoms with van der Waals surface area (Å²) in [5.41, 5.74) is 2.39. The van der Waals surface area contributed by atoms with Gasteiger partial charge in [0.2, 0.25) is 0 Å². The van der Waals surface area contributed by atoms with Gasteiger partial charge in [0.25, 0.3) is 0 Å². The number of carboxylic acids is 1. The fraction of sp³-hybridized carbons (Fsp3) is 0.400. The zero-order valence-corrected chi connectivity index (χ0v) is 13.1. The molecule has 2 aromatic rings. The molecule has 0 bridgehead atoms. The lowest BCUT2D eigenvalue weighted by atomic mass is 9.97. The maximum absolute atomic E-state index is 11.4. The van der Waals surface area contributed by atoms with Crippen LogP contribution in [0.25, 0.3) is 5.69 Å². The summed E-state index contributed by atoms with van der Waals surface area (Å²) in [6.45, 7) is 5.99. The molecule has 1 aromatic carbocycles. The Kier molecular flexibility index (Phi) is 4.63. The van der Waals surface area contributed by atoms with E-state index in [1.54, 1.807) is 16.8 Å². The minimum Gasteiger partial charge on any atom is -0.476 e. The molecular formula is C15H18ClN3O2. The van der Waals surface area contributed by atoms with Gasteiger partial charge in [-0.2, -0.15) is 0 Å². The molecule has 5 nitrogen and oxygen atoms in total. The summed E-state index contributed by atoms with van der Waals surface area (Å²) in [5, 5.41) is 17.8. The molecule has 0 amide bonds. The topological polar surface area (TPSA) is 68.0 Å². The Hall–Kier alpha value is -1.88. The molecule has 2 rings (SSSR count). The van der Waals surface area contributed by atoms with Crippen LogP contribution < -0.4 is 0 Å². The number of nitrogens with zero attached hydrogens (tertiary/aromatic N) is 3. The summed E-state index contributed by atoms with van der Waals surface area (Å²) in [7, 11) is 0. The molecule has 0 unspecified atom stereocenters. The highest BCUT2D eigenvalue weighted by Gasteiger charge is 2.25. The molecule has 1 aromatic heterocycles. The lowest BCUT2D eigenvalue weighted by Gasteiger charge is -2.16. The van der Waals surface area contributed by atoms with Gasteiger partial charge in [-0.3, -0.25) is 0 Å². The Morgan fingerprint density at radius 2 is 2.05 bits per heavy atom. The molecule has 0 spiro atoms. The average Bonchev–Trinajstić information content (AvgIpc) is 2.88. The van der Waals surface area contributed by atoms with Crippen molar-refractivity contribution in [1.29, 1.82) is 0 Å². The Balaban J connectivity index is 2.69. The third-order valence-corrected chi connectivity index (χ3v) is 3.91. The van der Waals surface area contributed by atoms with Crippen LogP contribution in [-0.2, 0) is 0 Å². The normalized spacial score (nSPS) is 11.1. The number of hydrogen-bond donors (Lipinski definition) is 1. The van der Waals surface area contributed by atoms with E-state index < -0.39 is 5.97 Å². The van der Waals surface area contributed by atoms with Gasteiger partial charge < -0.3 is 5.11 Å². The molecule has 0 atom stereocenters. The third-order valence-electron chi connectivity index (χ3n) is 3.68. The van der Waals surface area contributed by atoms with E-state index in [9.17, 15) is 9.90 Å². The molecule has 0 aliphatic carbocycles. The molecule has 0 aliphatic heterocycles. The van der Waals surface area contributed by atoms with Crippen molar-refractivity contribution in [2.45, 2.75) is 39.5 Å². The molecule has 0 radical (unpaired) electrons. The third kappa shape index (κ3) is 2.93. The first kappa shape index (κ1) is 15.5. The lowest BCUT2D eigenvalue weighted by molar-refractivity contribution is 0.0688. The number of halogens is 1. The van der Waals surface area contributed by atoms with Crippen LogP contribution in [0.2, 0.25) is 5.02 Å². The maximum Gasteiger partial charge on any atom is 0.358 e. The minimum absolute atomic E-state index is 0.0167. The Morgan fingerprint density at radius 1 is 1.38 bits per heavy atom. The number of benzene rings is 1. The second-order valence-corrected chi connectivity index (χ2v) is 5.42. The van der Waals surface area contributed by atoms with Crippen LogP contribution in [0.15, 0.2) is 18.2 Å². The lowest BCUT2D eigenvalue weighted by Crippen LogP contribution is -2.12. The van der Waals surface area contributed by atoms with E-state index in [0.29, 0.717) is 10.7 Å². The van der Waals surface area contributed by atoms with Gasteiger partial charge in [0.15, 0.2) is 5.69 Å². The molecule has 1 heterocycles. The number of carboxylic acid groups (broad SMARTS) is 1. The van der Waals surface area contributed by atoms with Crippen LogP contribution in [0.5, 0.6) is 0 Å². The van der Waals surface area contributed by atoms with Crippen LogP contribution >= 0.6 is 11.6 Å². The van der Waals surface area contributed by atoms with Crippen LogP contribution in [0, 0.1) is 6.92 Å². The van der Waals surface area contributed by atoms with Gasteiger partial charge in [-0.25, -0.2) is 9.48 Å². The monoisotopic (exact) mass is 307 g/mol. The van der Waals surface area contributed by atoms with Crippen LogP contribution in [0.1, 0.15) is 54.4 Å². The molecule has 0 aliphatic rings. The summed E-state index contributed by atoms with van der Waals surface area (Å²) >= 11 is 6.06. The van der Waals surface area contributed by atoms with E-state index in [1.165, 1.54) is 0 Å². The first-order valence-corrected chi connectivity index (χ1v) is 7.32. The molecule has 112 valence electrons. The van der Waals surface area contributed by atoms with Crippen molar-refractivity contribution in [2.24, 2.45) is 0 Å². The van der Waals surface area contributed by atoms with Crippen molar-refractivity contribution >= 4 is 17.6 Å². The maximum atomic E-state index is 11.4. The van der Waals surface area contributed by atoms with Gasteiger partial charge in [-0.15, -0.1) is 5.10 Å². The number of hydrogen-bond acceptors (Lipinski definition) is 3. The molecular weight excluding hydrogens is 290 g/mol. The number of aryl methyl sites for hydroxylation is 1. The fourth-order valence-corrected chi connectivity index (χ4v) is 2.64. The quantitative estimate of drug-likeness (QED) is 0.911. The zero-order chi connectivity index (χ0) is 15.6. The molecule has 0 saturated heterocycles. The molecule has 21 heavy (non-hydrogen) atoms. The highest BCUT2D eigenvalue weighted by atomic mass is 35.5. The van der Waals surface area contributed by atoms with Crippen molar-refractivity contribution in [1.82, 2.24) is 15.0 Å². The number of aromatic carboxylic acids is 1. The highest BCUT2D eigenvalue weighted by Crippen LogP contribution is 2.29. The van der Waals surface area contributed by atoms with Gasteiger partial charge in [0.1, 0.15) is 0 Å². The summed E-state index contributed by atoms with van der Waals surface area (Å²) in [4.78, 5) is 11.4. The number of carbonyl (C=O) groups is 1. The zero-order valence-electron chi connectivity index (χ0n) is 12.3. The minimum atomic E-state index is -1.05. The van der Waals surface area contributed by atoms with Gasteiger partial charge in [0, 0.05) is 10.9 Å². The second-order valence-electron chi connectivity index (χ2n) is 4.98. The van der Waals surface area contributed by atoms with Crippen LogP contribution in [-0.4, -0.2) is 26.1 Å². The van der Waals surface area contributed by atoms with Crippen molar-refractivity contribution in [3.8, 4) is 5.69 Å². The van der Waals surface area contributed by atoms with Gasteiger partial charge in [-0.1, -0.05) is 36.7 Å². The van der Waals surface area contributed by atoms with Gasteiger partial charge in [0.05, 0.1) is 11.4 Å². The summed E-state index contributed by atoms with van der Waals surface area (Å²) in [6.07, 6.45) is 1.65. The Labute approximate surface area is 128 Å². The largest absolute Gasteiger partial charge is 0.476 e. The molecule has 0 saturated carbocycles. The van der Waals surface area contributed by atoms with Crippen molar-refractivity contribution in [3.63, 3.8) is 0 Å². The second kappa shape index (κ2) is 6.26. The predicted octanol–water partition coefficient (Wildman–Crippen LogP) is 3.83. The molecule has 1 N–H and O–H groups in total. The van der Waals surface area contributed by atoms with Crippen LogP contribution in [0.4, 0.5) is 0 Å². The van der Waals surface area contributed by atoms with Crippen LogP contribution in [0.3, 0.4) is 0 Å². The predicted molar refractivity (Wildman–Crippen MR) is 81.4 cm³/mol.